The van der Waals surface area contributed by atoms with Gasteiger partial charge in [-0.2, -0.15) is 8.42 Å². The van der Waals surface area contributed by atoms with E-state index in [0.29, 0.717) is 21.9 Å². The highest BCUT2D eigenvalue weighted by atomic mass is 32.2. The van der Waals surface area contributed by atoms with Crippen molar-refractivity contribution in [3.05, 3.63) is 72.8 Å². The molecule has 124 valence electrons. The van der Waals surface area contributed by atoms with E-state index in [1.807, 2.05) is 36.4 Å². The van der Waals surface area contributed by atoms with E-state index in [2.05, 4.69) is 0 Å². The third-order valence-corrected chi connectivity index (χ3v) is 5.22. The molecule has 4 nitrogen and oxygen atoms in total. The Hall–Kier alpha value is -2.89. The molecule has 0 aliphatic rings. The summed E-state index contributed by atoms with van der Waals surface area (Å²) in [6, 6.07) is 21.0. The topological polar surface area (TPSA) is 74.6 Å². The summed E-state index contributed by atoms with van der Waals surface area (Å²) in [5, 5.41) is 13.6. The van der Waals surface area contributed by atoms with Crippen LogP contribution in [0.15, 0.2) is 77.7 Å². The Bertz CT molecular complexity index is 1230. The molecule has 0 unspecified atom stereocenters. The van der Waals surface area contributed by atoms with Crippen molar-refractivity contribution in [3.63, 3.8) is 0 Å². The molecule has 5 heteroatoms. The first-order valence-electron chi connectivity index (χ1n) is 7.67. The molecule has 25 heavy (non-hydrogen) atoms. The van der Waals surface area contributed by atoms with Crippen molar-refractivity contribution in [2.75, 3.05) is 0 Å². The number of benzene rings is 4. The minimum atomic E-state index is -4.47. The molecule has 0 atom stereocenters. The van der Waals surface area contributed by atoms with Gasteiger partial charge in [0.05, 0.1) is 0 Å². The number of aromatic hydroxyl groups is 1. The third kappa shape index (κ3) is 2.54. The molecule has 4 rings (SSSR count). The smallest absolute Gasteiger partial charge is 0.295 e. The molecule has 4 aromatic rings. The maximum absolute atomic E-state index is 12.0. The lowest BCUT2D eigenvalue weighted by Crippen LogP contribution is -2.02. The summed E-state index contributed by atoms with van der Waals surface area (Å²) < 4.78 is 33.7. The molecular formula is C20H14O4S. The molecule has 0 bridgehead atoms. The van der Waals surface area contributed by atoms with Gasteiger partial charge in [-0.05, 0) is 33.7 Å². The zero-order chi connectivity index (χ0) is 17.6. The van der Waals surface area contributed by atoms with Gasteiger partial charge in [0.2, 0.25) is 0 Å². The van der Waals surface area contributed by atoms with E-state index in [4.69, 9.17) is 0 Å². The number of phenolic OH excluding ortho intramolecular Hbond substituents is 1. The molecule has 0 radical (unpaired) electrons. The number of hydrogen-bond donors (Lipinski definition) is 2. The monoisotopic (exact) mass is 350 g/mol. The van der Waals surface area contributed by atoms with Crippen molar-refractivity contribution in [2.24, 2.45) is 0 Å². The maximum Gasteiger partial charge on any atom is 0.295 e. The minimum Gasteiger partial charge on any atom is -0.507 e. The Balaban J connectivity index is 2.27. The fourth-order valence-electron chi connectivity index (χ4n) is 3.25. The van der Waals surface area contributed by atoms with Gasteiger partial charge >= 0.3 is 0 Å². The van der Waals surface area contributed by atoms with Crippen LogP contribution >= 0.6 is 0 Å². The van der Waals surface area contributed by atoms with Crippen molar-refractivity contribution < 1.29 is 18.1 Å². The zero-order valence-corrected chi connectivity index (χ0v) is 13.9. The first-order chi connectivity index (χ1) is 12.0. The highest BCUT2D eigenvalue weighted by Crippen LogP contribution is 2.43. The molecule has 0 amide bonds. The molecule has 0 spiro atoms. The summed E-state index contributed by atoms with van der Waals surface area (Å²) in [6.07, 6.45) is 0. The van der Waals surface area contributed by atoms with E-state index in [0.717, 1.165) is 10.8 Å². The molecule has 0 fully saturated rings. The van der Waals surface area contributed by atoms with Crippen molar-refractivity contribution in [1.82, 2.24) is 0 Å². The molecule has 0 saturated heterocycles. The van der Waals surface area contributed by atoms with E-state index < -0.39 is 10.1 Å². The average molecular weight is 350 g/mol. The number of rotatable bonds is 2. The van der Waals surface area contributed by atoms with Gasteiger partial charge in [0.1, 0.15) is 10.6 Å². The first-order valence-corrected chi connectivity index (χ1v) is 9.11. The van der Waals surface area contributed by atoms with Gasteiger partial charge < -0.3 is 5.11 Å². The van der Waals surface area contributed by atoms with E-state index in [1.165, 1.54) is 12.1 Å². The summed E-state index contributed by atoms with van der Waals surface area (Å²) >= 11 is 0. The molecule has 0 aromatic heterocycles. The van der Waals surface area contributed by atoms with E-state index >= 15 is 0 Å². The molecule has 0 saturated carbocycles. The van der Waals surface area contributed by atoms with Gasteiger partial charge in [0.25, 0.3) is 10.1 Å². The van der Waals surface area contributed by atoms with Crippen LogP contribution in [0.4, 0.5) is 0 Å². The summed E-state index contributed by atoms with van der Waals surface area (Å²) in [6.45, 7) is 0. The molecule has 0 heterocycles. The molecule has 2 N–H and O–H groups in total. The summed E-state index contributed by atoms with van der Waals surface area (Å²) in [5.41, 5.74) is 0.692. The van der Waals surface area contributed by atoms with Crippen LogP contribution < -0.4 is 0 Å². The van der Waals surface area contributed by atoms with Crippen molar-refractivity contribution in [1.29, 1.82) is 0 Å². The molecule has 4 aromatic carbocycles. The SMILES string of the molecule is O=S(=O)(O)c1ccc2ccccc2c1-c1c(O)ccc2ccccc12. The largest absolute Gasteiger partial charge is 0.507 e. The predicted octanol–water partition coefficient (Wildman–Crippen LogP) is 4.61. The second kappa shape index (κ2) is 5.58. The van der Waals surface area contributed by atoms with Crippen molar-refractivity contribution in [3.8, 4) is 16.9 Å². The second-order valence-electron chi connectivity index (χ2n) is 5.82. The Kier molecular flexibility index (Phi) is 3.49. The highest BCUT2D eigenvalue weighted by Gasteiger charge is 2.22. The second-order valence-corrected chi connectivity index (χ2v) is 7.21. The maximum atomic E-state index is 12.0. The number of fused-ring (bicyclic) bond motifs is 2. The fourth-order valence-corrected chi connectivity index (χ4v) is 3.96. The highest BCUT2D eigenvalue weighted by molar-refractivity contribution is 7.86. The van der Waals surface area contributed by atoms with Crippen LogP contribution in [0.5, 0.6) is 5.75 Å². The van der Waals surface area contributed by atoms with Gasteiger partial charge in [-0.25, -0.2) is 0 Å². The van der Waals surface area contributed by atoms with Crippen LogP contribution in [-0.2, 0) is 10.1 Å². The Morgan fingerprint density at radius 1 is 0.640 bits per heavy atom. The zero-order valence-electron chi connectivity index (χ0n) is 13.0. The van der Waals surface area contributed by atoms with Crippen LogP contribution in [-0.4, -0.2) is 18.1 Å². The van der Waals surface area contributed by atoms with E-state index in [9.17, 15) is 18.1 Å². The normalized spacial score (nSPS) is 11.9. The van der Waals surface area contributed by atoms with Crippen LogP contribution in [0.3, 0.4) is 0 Å². The Labute approximate surface area is 144 Å². The first kappa shape index (κ1) is 15.6. The van der Waals surface area contributed by atoms with Crippen molar-refractivity contribution in [2.45, 2.75) is 4.90 Å². The third-order valence-electron chi connectivity index (χ3n) is 4.33. The summed E-state index contributed by atoms with van der Waals surface area (Å²) in [7, 11) is -4.47. The van der Waals surface area contributed by atoms with E-state index in [1.54, 1.807) is 24.3 Å². The van der Waals surface area contributed by atoms with Gasteiger partial charge in [0.15, 0.2) is 0 Å². The number of hydrogen-bond acceptors (Lipinski definition) is 3. The van der Waals surface area contributed by atoms with E-state index in [-0.39, 0.29) is 10.6 Å². The van der Waals surface area contributed by atoms with Crippen LogP contribution in [0.25, 0.3) is 32.7 Å². The van der Waals surface area contributed by atoms with Crippen LogP contribution in [0.1, 0.15) is 0 Å². The van der Waals surface area contributed by atoms with Gasteiger partial charge in [-0.1, -0.05) is 60.7 Å². The quantitative estimate of drug-likeness (QED) is 0.518. The number of phenols is 1. The lowest BCUT2D eigenvalue weighted by molar-refractivity contribution is 0.477. The van der Waals surface area contributed by atoms with Gasteiger partial charge in [0, 0.05) is 11.1 Å². The standard InChI is InChI=1S/C20H14O4S/c21-17-11-9-13-5-1-3-7-15(13)19(17)20-16-8-4-2-6-14(16)10-12-18(20)25(22,23)24/h1-12,21H,(H,22,23,24). The Morgan fingerprint density at radius 3 is 1.76 bits per heavy atom. The molecule has 0 aliphatic heterocycles. The van der Waals surface area contributed by atoms with Gasteiger partial charge in [-0.15, -0.1) is 0 Å². The molecule has 0 aliphatic carbocycles. The predicted molar refractivity (Wildman–Crippen MR) is 98.4 cm³/mol. The minimum absolute atomic E-state index is 0.0417. The van der Waals surface area contributed by atoms with Crippen LogP contribution in [0.2, 0.25) is 0 Å². The summed E-state index contributed by atoms with van der Waals surface area (Å²) in [4.78, 5) is -0.224. The lowest BCUT2D eigenvalue weighted by atomic mass is 9.93. The van der Waals surface area contributed by atoms with Crippen LogP contribution in [0, 0.1) is 0 Å². The lowest BCUT2D eigenvalue weighted by Gasteiger charge is -2.15. The average Bonchev–Trinajstić information content (AvgIpc) is 2.60. The fraction of sp³-hybridized carbons (Fsp3) is 0. The van der Waals surface area contributed by atoms with Gasteiger partial charge in [-0.3, -0.25) is 4.55 Å². The Morgan fingerprint density at radius 2 is 1.16 bits per heavy atom. The van der Waals surface area contributed by atoms with Crippen molar-refractivity contribution >= 4 is 31.7 Å². The molecular weight excluding hydrogens is 336 g/mol. The summed E-state index contributed by atoms with van der Waals surface area (Å²) in [5.74, 6) is -0.0417.